The van der Waals surface area contributed by atoms with E-state index in [4.69, 9.17) is 0 Å². The van der Waals surface area contributed by atoms with Crippen molar-refractivity contribution in [3.8, 4) is 0 Å². The van der Waals surface area contributed by atoms with Gasteiger partial charge < -0.3 is 4.98 Å². The lowest BCUT2D eigenvalue weighted by atomic mass is 10.3. The average Bonchev–Trinajstić information content (AvgIpc) is 2.19. The summed E-state index contributed by atoms with van der Waals surface area (Å²) in [5.41, 5.74) is 0.686. The lowest BCUT2D eigenvalue weighted by Gasteiger charge is -1.92. The summed E-state index contributed by atoms with van der Waals surface area (Å²) in [7, 11) is 0. The number of aromatic nitrogens is 2. The van der Waals surface area contributed by atoms with Crippen molar-refractivity contribution in [3.05, 3.63) is 40.9 Å². The average molecular weight is 190 g/mol. The van der Waals surface area contributed by atoms with Crippen LogP contribution in [0.5, 0.6) is 0 Å². The molecule has 2 aromatic rings. The molecule has 3 nitrogen and oxygen atoms in total. The van der Waals surface area contributed by atoms with E-state index in [0.717, 1.165) is 10.9 Å². The Morgan fingerprint density at radius 3 is 2.71 bits per heavy atom. The van der Waals surface area contributed by atoms with Gasteiger partial charge in [0.25, 0.3) is 0 Å². The van der Waals surface area contributed by atoms with Crippen LogP contribution in [0.15, 0.2) is 35.4 Å². The van der Waals surface area contributed by atoms with Crippen LogP contribution in [0.4, 0.5) is 0 Å². The molecular formula is C11H14N2O. The fourth-order valence-electron chi connectivity index (χ4n) is 0.995. The minimum atomic E-state index is -0.0921. The Labute approximate surface area is 82.8 Å². The lowest BCUT2D eigenvalue weighted by Crippen LogP contribution is -2.01. The lowest BCUT2D eigenvalue weighted by molar-refractivity contribution is 1.09. The summed E-state index contributed by atoms with van der Waals surface area (Å²) in [6.07, 6.45) is 4.58. The van der Waals surface area contributed by atoms with Crippen molar-refractivity contribution < 1.29 is 0 Å². The molecule has 0 radical (unpaired) electrons. The smallest absolute Gasteiger partial charge is 0.248 e. The maximum absolute atomic E-state index is 10.8. The van der Waals surface area contributed by atoms with Gasteiger partial charge in [0, 0.05) is 17.6 Å². The molecule has 1 N–H and O–H groups in total. The van der Waals surface area contributed by atoms with Crippen molar-refractivity contribution in [3.63, 3.8) is 0 Å². The van der Waals surface area contributed by atoms with Gasteiger partial charge in [-0.3, -0.25) is 9.78 Å². The van der Waals surface area contributed by atoms with Crippen molar-refractivity contribution >= 4 is 10.9 Å². The summed E-state index contributed by atoms with van der Waals surface area (Å²) >= 11 is 0. The first kappa shape index (κ1) is 10.4. The monoisotopic (exact) mass is 190 g/mol. The van der Waals surface area contributed by atoms with Crippen molar-refractivity contribution in [2.75, 3.05) is 0 Å². The zero-order chi connectivity index (χ0) is 10.4. The zero-order valence-electron chi connectivity index (χ0n) is 8.45. The molecule has 0 atom stereocenters. The SMILES string of the molecule is CCC.O=c1ccc2ccncc2[nH]1. The standard InChI is InChI=1S/C8H6N2O.C3H8/c11-8-2-1-6-3-4-9-5-7(6)10-8;1-3-2/h1-5H,(H,10,11);3H2,1-2H3. The van der Waals surface area contributed by atoms with Gasteiger partial charge in [0.1, 0.15) is 0 Å². The van der Waals surface area contributed by atoms with Gasteiger partial charge in [0.2, 0.25) is 5.56 Å². The normalized spacial score (nSPS) is 9.29. The van der Waals surface area contributed by atoms with E-state index in [1.807, 2.05) is 6.07 Å². The Kier molecular flexibility index (Phi) is 3.85. The van der Waals surface area contributed by atoms with E-state index in [1.165, 1.54) is 12.5 Å². The van der Waals surface area contributed by atoms with E-state index in [2.05, 4.69) is 23.8 Å². The fraction of sp³-hybridized carbons (Fsp3) is 0.273. The molecule has 0 spiro atoms. The van der Waals surface area contributed by atoms with Crippen LogP contribution >= 0.6 is 0 Å². The molecule has 0 aliphatic rings. The molecule has 0 aliphatic carbocycles. The fourth-order valence-corrected chi connectivity index (χ4v) is 0.995. The Bertz CT molecular complexity index is 448. The number of pyridine rings is 2. The molecule has 0 aromatic carbocycles. The summed E-state index contributed by atoms with van der Waals surface area (Å²) in [4.78, 5) is 17.4. The highest BCUT2D eigenvalue weighted by Crippen LogP contribution is 2.04. The van der Waals surface area contributed by atoms with Gasteiger partial charge in [0.15, 0.2) is 0 Å². The highest BCUT2D eigenvalue weighted by molar-refractivity contribution is 5.76. The number of nitrogens with one attached hydrogen (secondary N) is 1. The molecule has 0 aliphatic heterocycles. The van der Waals surface area contributed by atoms with Gasteiger partial charge in [-0.2, -0.15) is 0 Å². The second-order valence-corrected chi connectivity index (χ2v) is 2.99. The van der Waals surface area contributed by atoms with Crippen molar-refractivity contribution in [2.24, 2.45) is 0 Å². The summed E-state index contributed by atoms with van der Waals surface area (Å²) < 4.78 is 0. The Balaban J connectivity index is 0.000000293. The van der Waals surface area contributed by atoms with Crippen LogP contribution in [0.25, 0.3) is 10.9 Å². The number of rotatable bonds is 0. The summed E-state index contributed by atoms with van der Waals surface area (Å²) in [5, 5.41) is 1.000. The molecule has 0 saturated carbocycles. The second-order valence-electron chi connectivity index (χ2n) is 2.99. The van der Waals surface area contributed by atoms with Crippen molar-refractivity contribution in [1.29, 1.82) is 0 Å². The number of nitrogens with zero attached hydrogens (tertiary/aromatic N) is 1. The van der Waals surface area contributed by atoms with Crippen molar-refractivity contribution in [2.45, 2.75) is 20.3 Å². The molecule has 3 heteroatoms. The van der Waals surface area contributed by atoms with Crippen LogP contribution in [0, 0.1) is 0 Å². The van der Waals surface area contributed by atoms with Crippen LogP contribution in [-0.4, -0.2) is 9.97 Å². The molecule has 14 heavy (non-hydrogen) atoms. The van der Waals surface area contributed by atoms with Gasteiger partial charge in [-0.1, -0.05) is 20.3 Å². The highest BCUT2D eigenvalue weighted by Gasteiger charge is 1.90. The number of hydrogen-bond acceptors (Lipinski definition) is 2. The van der Waals surface area contributed by atoms with Crippen LogP contribution in [0.3, 0.4) is 0 Å². The van der Waals surface area contributed by atoms with Crippen LogP contribution in [0.1, 0.15) is 20.3 Å². The third kappa shape index (κ3) is 2.69. The van der Waals surface area contributed by atoms with Gasteiger partial charge in [0.05, 0.1) is 11.7 Å². The quantitative estimate of drug-likeness (QED) is 0.693. The first-order valence-corrected chi connectivity index (χ1v) is 4.71. The molecule has 2 aromatic heterocycles. The van der Waals surface area contributed by atoms with Gasteiger partial charge in [-0.15, -0.1) is 0 Å². The number of fused-ring (bicyclic) bond motifs is 1. The third-order valence-electron chi connectivity index (χ3n) is 1.53. The molecule has 0 bridgehead atoms. The Morgan fingerprint density at radius 2 is 2.00 bits per heavy atom. The van der Waals surface area contributed by atoms with E-state index in [0.29, 0.717) is 0 Å². The molecule has 2 rings (SSSR count). The van der Waals surface area contributed by atoms with Gasteiger partial charge >= 0.3 is 0 Å². The Hall–Kier alpha value is -1.64. The molecule has 0 amide bonds. The van der Waals surface area contributed by atoms with Gasteiger partial charge in [-0.05, 0) is 12.1 Å². The number of hydrogen-bond donors (Lipinski definition) is 1. The van der Waals surface area contributed by atoms with Crippen molar-refractivity contribution in [1.82, 2.24) is 9.97 Å². The summed E-state index contributed by atoms with van der Waals surface area (Å²) in [6.45, 7) is 4.25. The molecule has 0 fully saturated rings. The van der Waals surface area contributed by atoms with Crippen LogP contribution in [0.2, 0.25) is 0 Å². The molecule has 0 unspecified atom stereocenters. The Morgan fingerprint density at radius 1 is 1.29 bits per heavy atom. The zero-order valence-corrected chi connectivity index (χ0v) is 8.45. The van der Waals surface area contributed by atoms with E-state index in [1.54, 1.807) is 18.5 Å². The second kappa shape index (κ2) is 5.17. The van der Waals surface area contributed by atoms with E-state index in [9.17, 15) is 4.79 Å². The first-order chi connectivity index (χ1) is 6.77. The van der Waals surface area contributed by atoms with E-state index in [-0.39, 0.29) is 5.56 Å². The van der Waals surface area contributed by atoms with Crippen LogP contribution in [-0.2, 0) is 0 Å². The maximum Gasteiger partial charge on any atom is 0.248 e. The molecule has 74 valence electrons. The minimum absolute atomic E-state index is 0.0921. The van der Waals surface area contributed by atoms with E-state index >= 15 is 0 Å². The largest absolute Gasteiger partial charge is 0.321 e. The summed E-state index contributed by atoms with van der Waals surface area (Å²) in [5.74, 6) is 0. The van der Waals surface area contributed by atoms with Gasteiger partial charge in [-0.25, -0.2) is 0 Å². The predicted molar refractivity (Wildman–Crippen MR) is 58.3 cm³/mol. The predicted octanol–water partition coefficient (Wildman–Crippen LogP) is 2.34. The first-order valence-electron chi connectivity index (χ1n) is 4.71. The topological polar surface area (TPSA) is 45.8 Å². The minimum Gasteiger partial charge on any atom is -0.321 e. The van der Waals surface area contributed by atoms with Crippen LogP contribution < -0.4 is 5.56 Å². The molecule has 0 saturated heterocycles. The highest BCUT2D eigenvalue weighted by atomic mass is 16.1. The number of H-pyrrole nitrogens is 1. The van der Waals surface area contributed by atoms with E-state index < -0.39 is 0 Å². The summed E-state index contributed by atoms with van der Waals surface area (Å²) in [6, 6.07) is 5.13. The third-order valence-corrected chi connectivity index (χ3v) is 1.53. The molecular weight excluding hydrogens is 176 g/mol. The number of aromatic amines is 1. The molecule has 2 heterocycles. The maximum atomic E-state index is 10.8.